The normalized spacial score (nSPS) is 20.4. The molecule has 0 radical (unpaired) electrons. The van der Waals surface area contributed by atoms with Gasteiger partial charge in [-0.15, -0.1) is 0 Å². The molecule has 2 saturated heterocycles. The molecule has 7 heteroatoms. The lowest BCUT2D eigenvalue weighted by molar-refractivity contribution is 0.128. The maximum Gasteiger partial charge on any atom is 0.318 e. The van der Waals surface area contributed by atoms with E-state index in [2.05, 4.69) is 70.7 Å². The monoisotopic (exact) mass is 492 g/mol. The van der Waals surface area contributed by atoms with Gasteiger partial charge < -0.3 is 9.64 Å². The predicted octanol–water partition coefficient (Wildman–Crippen LogP) is 3.82. The summed E-state index contributed by atoms with van der Waals surface area (Å²) in [7, 11) is 0. The van der Waals surface area contributed by atoms with Crippen LogP contribution in [-0.2, 0) is 19.5 Å². The quantitative estimate of drug-likeness (QED) is 0.582. The summed E-state index contributed by atoms with van der Waals surface area (Å²) in [5.74, 6) is 1.11. The van der Waals surface area contributed by atoms with Gasteiger partial charge >= 0.3 is 6.01 Å². The molecule has 1 aromatic carbocycles. The Hall–Kier alpha value is -2.22. The third kappa shape index (κ3) is 6.36. The molecule has 1 aromatic heterocycles. The van der Waals surface area contributed by atoms with Crippen LogP contribution in [0.2, 0.25) is 0 Å². The van der Waals surface area contributed by atoms with E-state index in [1.807, 2.05) is 0 Å². The first-order chi connectivity index (χ1) is 17.5. The second-order valence-electron chi connectivity index (χ2n) is 11.6. The second-order valence-corrected chi connectivity index (χ2v) is 11.6. The molecule has 0 aliphatic carbocycles. The van der Waals surface area contributed by atoms with Crippen LogP contribution in [0.3, 0.4) is 0 Å². The summed E-state index contributed by atoms with van der Waals surface area (Å²) >= 11 is 0. The molecule has 4 heterocycles. The molecule has 2 fully saturated rings. The Balaban J connectivity index is 1.32. The fourth-order valence-electron chi connectivity index (χ4n) is 5.78. The van der Waals surface area contributed by atoms with E-state index in [4.69, 9.17) is 14.7 Å². The summed E-state index contributed by atoms with van der Waals surface area (Å²) in [5, 5.41) is 0. The van der Waals surface area contributed by atoms with Gasteiger partial charge in [0.05, 0.1) is 5.69 Å². The highest BCUT2D eigenvalue weighted by molar-refractivity contribution is 5.51. The third-order valence-electron chi connectivity index (χ3n) is 7.97. The molecule has 0 atom stereocenters. The Bertz CT molecular complexity index is 977. The third-order valence-corrected chi connectivity index (χ3v) is 7.97. The summed E-state index contributed by atoms with van der Waals surface area (Å²) in [6, 6.07) is 11.3. The van der Waals surface area contributed by atoms with Gasteiger partial charge in [0, 0.05) is 63.5 Å². The van der Waals surface area contributed by atoms with Crippen molar-refractivity contribution in [3.63, 3.8) is 0 Å². The first-order valence-electron chi connectivity index (χ1n) is 14.0. The number of rotatable bonds is 7. The molecule has 0 unspecified atom stereocenters. The van der Waals surface area contributed by atoms with Gasteiger partial charge in [-0.25, -0.2) is 0 Å². The number of piperidine rings is 1. The van der Waals surface area contributed by atoms with Crippen molar-refractivity contribution in [3.8, 4) is 6.01 Å². The minimum Gasteiger partial charge on any atom is -0.462 e. The SMILES string of the molecule is CC(C)(C)N1CCN(c2nc(OCCN3CCCCC3)nc3c2CCN(Cc2ccccc2)C3)CC1. The maximum absolute atomic E-state index is 6.22. The van der Waals surface area contributed by atoms with Gasteiger partial charge in [-0.05, 0) is 58.7 Å². The smallest absolute Gasteiger partial charge is 0.318 e. The molecule has 7 nitrogen and oxygen atoms in total. The zero-order chi connectivity index (χ0) is 25.0. The van der Waals surface area contributed by atoms with Crippen LogP contribution in [0.4, 0.5) is 5.82 Å². The summed E-state index contributed by atoms with van der Waals surface area (Å²) in [4.78, 5) is 20.1. The van der Waals surface area contributed by atoms with Crippen LogP contribution in [0.15, 0.2) is 30.3 Å². The molecule has 0 amide bonds. The molecule has 3 aliphatic rings. The van der Waals surface area contributed by atoms with Gasteiger partial charge in [0.1, 0.15) is 12.4 Å². The summed E-state index contributed by atoms with van der Waals surface area (Å²) in [6.45, 7) is 17.9. The van der Waals surface area contributed by atoms with Crippen LogP contribution in [-0.4, -0.2) is 89.2 Å². The number of piperazine rings is 1. The first kappa shape index (κ1) is 25.4. The van der Waals surface area contributed by atoms with Crippen molar-refractivity contribution in [1.29, 1.82) is 0 Å². The number of nitrogens with zero attached hydrogens (tertiary/aromatic N) is 6. The van der Waals surface area contributed by atoms with E-state index in [9.17, 15) is 0 Å². The fourth-order valence-corrected chi connectivity index (χ4v) is 5.78. The highest BCUT2D eigenvalue weighted by Crippen LogP contribution is 2.30. The van der Waals surface area contributed by atoms with Crippen molar-refractivity contribution in [3.05, 3.63) is 47.2 Å². The number of fused-ring (bicyclic) bond motifs is 1. The average molecular weight is 493 g/mol. The number of benzene rings is 1. The van der Waals surface area contributed by atoms with E-state index >= 15 is 0 Å². The van der Waals surface area contributed by atoms with Crippen molar-refractivity contribution in [1.82, 2.24) is 24.7 Å². The van der Waals surface area contributed by atoms with Gasteiger partial charge in [0.15, 0.2) is 0 Å². The Kier molecular flexibility index (Phi) is 8.09. The Morgan fingerprint density at radius 2 is 1.58 bits per heavy atom. The molecule has 36 heavy (non-hydrogen) atoms. The summed E-state index contributed by atoms with van der Waals surface area (Å²) in [6.07, 6.45) is 4.95. The zero-order valence-corrected chi connectivity index (χ0v) is 22.6. The Labute approximate surface area is 217 Å². The van der Waals surface area contributed by atoms with E-state index in [0.29, 0.717) is 12.6 Å². The van der Waals surface area contributed by atoms with Crippen molar-refractivity contribution in [2.24, 2.45) is 0 Å². The molecule has 2 aromatic rings. The minimum atomic E-state index is 0.206. The highest BCUT2D eigenvalue weighted by Gasteiger charge is 2.30. The van der Waals surface area contributed by atoms with E-state index in [1.165, 1.54) is 43.5 Å². The average Bonchev–Trinajstić information content (AvgIpc) is 2.89. The fraction of sp³-hybridized carbons (Fsp3) is 0.655. The van der Waals surface area contributed by atoms with E-state index in [-0.39, 0.29) is 5.54 Å². The van der Waals surface area contributed by atoms with Crippen LogP contribution in [0.25, 0.3) is 0 Å². The van der Waals surface area contributed by atoms with Crippen LogP contribution in [0, 0.1) is 0 Å². The summed E-state index contributed by atoms with van der Waals surface area (Å²) in [5.41, 5.74) is 4.03. The van der Waals surface area contributed by atoms with Crippen molar-refractivity contribution < 1.29 is 4.74 Å². The highest BCUT2D eigenvalue weighted by atomic mass is 16.5. The van der Waals surface area contributed by atoms with Crippen LogP contribution in [0.1, 0.15) is 56.9 Å². The van der Waals surface area contributed by atoms with Crippen LogP contribution >= 0.6 is 0 Å². The number of hydrogen-bond acceptors (Lipinski definition) is 7. The zero-order valence-electron chi connectivity index (χ0n) is 22.6. The van der Waals surface area contributed by atoms with Crippen LogP contribution < -0.4 is 9.64 Å². The number of hydrogen-bond donors (Lipinski definition) is 0. The number of likely N-dealkylation sites (tertiary alicyclic amines) is 1. The van der Waals surface area contributed by atoms with Crippen LogP contribution in [0.5, 0.6) is 6.01 Å². The molecule has 196 valence electrons. The van der Waals surface area contributed by atoms with Crippen molar-refractivity contribution in [2.45, 2.75) is 65.1 Å². The molecular formula is C29H44N6O. The van der Waals surface area contributed by atoms with E-state index in [1.54, 1.807) is 0 Å². The van der Waals surface area contributed by atoms with Gasteiger partial charge in [-0.2, -0.15) is 9.97 Å². The lowest BCUT2D eigenvalue weighted by Crippen LogP contribution is -2.54. The molecule has 5 rings (SSSR count). The second kappa shape index (κ2) is 11.4. The molecule has 0 bridgehead atoms. The van der Waals surface area contributed by atoms with Gasteiger partial charge in [0.25, 0.3) is 0 Å². The molecule has 0 N–H and O–H groups in total. The van der Waals surface area contributed by atoms with Crippen molar-refractivity contribution in [2.75, 3.05) is 63.9 Å². The number of anilines is 1. The number of aromatic nitrogens is 2. The largest absolute Gasteiger partial charge is 0.462 e. The predicted molar refractivity (Wildman–Crippen MR) is 146 cm³/mol. The van der Waals surface area contributed by atoms with E-state index in [0.717, 1.165) is 70.3 Å². The molecular weight excluding hydrogens is 448 g/mol. The van der Waals surface area contributed by atoms with Crippen molar-refractivity contribution >= 4 is 5.82 Å². The van der Waals surface area contributed by atoms with E-state index < -0.39 is 0 Å². The molecule has 0 saturated carbocycles. The first-order valence-corrected chi connectivity index (χ1v) is 14.0. The number of ether oxygens (including phenoxy) is 1. The standard InChI is InChI=1S/C29H44N6O/c1-29(2,3)35-18-16-34(17-19-35)27-25-12-15-33(22-24-10-6-4-7-11-24)23-26(25)30-28(31-27)36-21-20-32-13-8-5-9-14-32/h4,6-7,10-11H,5,8-9,12-23H2,1-3H3. The molecule has 3 aliphatic heterocycles. The van der Waals surface area contributed by atoms with Gasteiger partial charge in [-0.3, -0.25) is 14.7 Å². The topological polar surface area (TPSA) is 48.0 Å². The maximum atomic E-state index is 6.22. The summed E-state index contributed by atoms with van der Waals surface area (Å²) < 4.78 is 6.22. The Morgan fingerprint density at radius 1 is 0.833 bits per heavy atom. The lowest BCUT2D eigenvalue weighted by Gasteiger charge is -2.43. The minimum absolute atomic E-state index is 0.206. The Morgan fingerprint density at radius 3 is 2.31 bits per heavy atom. The molecule has 0 spiro atoms. The lowest BCUT2D eigenvalue weighted by atomic mass is 10.0. The van der Waals surface area contributed by atoms with Gasteiger partial charge in [0.2, 0.25) is 0 Å². The van der Waals surface area contributed by atoms with Gasteiger partial charge in [-0.1, -0.05) is 36.8 Å².